The van der Waals surface area contributed by atoms with Gasteiger partial charge in [-0.05, 0) is 55.6 Å². The van der Waals surface area contributed by atoms with E-state index in [-0.39, 0.29) is 24.5 Å². The number of rotatable bonds is 12. The lowest BCUT2D eigenvalue weighted by atomic mass is 10.0. The Kier molecular flexibility index (Phi) is 9.39. The molecule has 0 saturated carbocycles. The molecule has 0 aliphatic carbocycles. The zero-order valence-electron chi connectivity index (χ0n) is 17.0. The van der Waals surface area contributed by atoms with Crippen molar-refractivity contribution in [2.75, 3.05) is 27.4 Å². The number of nitrogens with one attached hydrogen (secondary N) is 1. The maximum Gasteiger partial charge on any atom is 0.573 e. The molecular formula is C22H27F4NO3. The van der Waals surface area contributed by atoms with Crippen LogP contribution in [-0.2, 0) is 17.6 Å². The first kappa shape index (κ1) is 24.0. The van der Waals surface area contributed by atoms with Crippen molar-refractivity contribution in [1.82, 2.24) is 5.32 Å². The molecule has 4 nitrogen and oxygen atoms in total. The van der Waals surface area contributed by atoms with Crippen molar-refractivity contribution in [1.29, 1.82) is 0 Å². The van der Waals surface area contributed by atoms with Crippen LogP contribution in [0, 0.1) is 0 Å². The molecule has 0 aromatic heterocycles. The molecule has 0 bridgehead atoms. The molecule has 2 rings (SSSR count). The Morgan fingerprint density at radius 2 is 1.80 bits per heavy atom. The van der Waals surface area contributed by atoms with Crippen LogP contribution in [0.5, 0.6) is 11.5 Å². The number of hydrogen-bond acceptors (Lipinski definition) is 4. The molecule has 0 fully saturated rings. The van der Waals surface area contributed by atoms with Crippen molar-refractivity contribution in [2.45, 2.75) is 37.8 Å². The number of aryl methyl sites for hydroxylation is 2. The second kappa shape index (κ2) is 11.8. The summed E-state index contributed by atoms with van der Waals surface area (Å²) in [5.74, 6) is 0.433. The van der Waals surface area contributed by atoms with Crippen LogP contribution in [-0.4, -0.2) is 45.9 Å². The van der Waals surface area contributed by atoms with E-state index in [4.69, 9.17) is 9.47 Å². The molecule has 0 aliphatic heterocycles. The highest BCUT2D eigenvalue weighted by atomic mass is 19.4. The summed E-state index contributed by atoms with van der Waals surface area (Å²) in [5.41, 5.74) is 1.64. The van der Waals surface area contributed by atoms with E-state index in [0.717, 1.165) is 11.1 Å². The molecule has 0 radical (unpaired) electrons. The second-order valence-electron chi connectivity index (χ2n) is 6.85. The van der Waals surface area contributed by atoms with E-state index in [1.807, 2.05) is 24.3 Å². The topological polar surface area (TPSA) is 39.7 Å². The summed E-state index contributed by atoms with van der Waals surface area (Å²) in [5, 5.41) is 2.89. The van der Waals surface area contributed by atoms with Crippen molar-refractivity contribution < 1.29 is 31.8 Å². The normalized spacial score (nSPS) is 13.7. The van der Waals surface area contributed by atoms with Crippen LogP contribution in [0.2, 0.25) is 0 Å². The van der Waals surface area contributed by atoms with Gasteiger partial charge in [0, 0.05) is 13.2 Å². The molecule has 30 heavy (non-hydrogen) atoms. The number of para-hydroxylation sites is 1. The van der Waals surface area contributed by atoms with Crippen molar-refractivity contribution in [3.8, 4) is 11.5 Å². The molecule has 2 atom stereocenters. The van der Waals surface area contributed by atoms with Crippen molar-refractivity contribution >= 4 is 0 Å². The summed E-state index contributed by atoms with van der Waals surface area (Å²) < 4.78 is 65.4. The SMILES string of the molecule is CNC(CF)CC(COc1ccccc1CCc1cccc(OC(F)(F)F)c1)OC. The predicted molar refractivity (Wildman–Crippen MR) is 107 cm³/mol. The molecule has 0 aliphatic rings. The number of methoxy groups -OCH3 is 1. The Morgan fingerprint density at radius 3 is 2.47 bits per heavy atom. The second-order valence-corrected chi connectivity index (χ2v) is 6.85. The Labute approximate surface area is 174 Å². The lowest BCUT2D eigenvalue weighted by molar-refractivity contribution is -0.274. The number of ether oxygens (including phenoxy) is 3. The first-order chi connectivity index (χ1) is 14.3. The summed E-state index contributed by atoms with van der Waals surface area (Å²) in [4.78, 5) is 0. The van der Waals surface area contributed by atoms with Gasteiger partial charge in [-0.15, -0.1) is 13.2 Å². The number of hydrogen-bond donors (Lipinski definition) is 1. The first-order valence-electron chi connectivity index (χ1n) is 9.66. The van der Waals surface area contributed by atoms with Gasteiger partial charge in [-0.3, -0.25) is 0 Å². The summed E-state index contributed by atoms with van der Waals surface area (Å²) >= 11 is 0. The van der Waals surface area contributed by atoms with E-state index in [9.17, 15) is 17.6 Å². The third-order valence-corrected chi connectivity index (χ3v) is 4.69. The molecular weight excluding hydrogens is 402 g/mol. The minimum Gasteiger partial charge on any atom is -0.491 e. The van der Waals surface area contributed by atoms with Gasteiger partial charge in [0.1, 0.15) is 24.8 Å². The van der Waals surface area contributed by atoms with Crippen LogP contribution in [0.1, 0.15) is 17.5 Å². The highest BCUT2D eigenvalue weighted by Gasteiger charge is 2.31. The van der Waals surface area contributed by atoms with Crippen molar-refractivity contribution in [3.63, 3.8) is 0 Å². The molecule has 8 heteroatoms. The van der Waals surface area contributed by atoms with E-state index >= 15 is 0 Å². The zero-order valence-corrected chi connectivity index (χ0v) is 17.0. The van der Waals surface area contributed by atoms with Crippen LogP contribution in [0.25, 0.3) is 0 Å². The molecule has 2 aromatic carbocycles. The molecule has 2 unspecified atom stereocenters. The highest BCUT2D eigenvalue weighted by Crippen LogP contribution is 2.25. The summed E-state index contributed by atoms with van der Waals surface area (Å²) in [7, 11) is 3.25. The molecule has 1 N–H and O–H groups in total. The summed E-state index contributed by atoms with van der Waals surface area (Å²) in [6, 6.07) is 13.1. The lowest BCUT2D eigenvalue weighted by Crippen LogP contribution is -2.34. The van der Waals surface area contributed by atoms with E-state index in [1.54, 1.807) is 20.2 Å². The van der Waals surface area contributed by atoms with Crippen molar-refractivity contribution in [3.05, 3.63) is 59.7 Å². The van der Waals surface area contributed by atoms with E-state index in [0.29, 0.717) is 25.0 Å². The first-order valence-corrected chi connectivity index (χ1v) is 9.66. The molecule has 0 saturated heterocycles. The van der Waals surface area contributed by atoms with Crippen LogP contribution in [0.15, 0.2) is 48.5 Å². The van der Waals surface area contributed by atoms with Gasteiger partial charge in [0.25, 0.3) is 0 Å². The van der Waals surface area contributed by atoms with Gasteiger partial charge in [0.2, 0.25) is 0 Å². The third kappa shape index (κ3) is 8.20. The Morgan fingerprint density at radius 1 is 1.03 bits per heavy atom. The Hall–Kier alpha value is -2.32. The highest BCUT2D eigenvalue weighted by molar-refractivity contribution is 5.35. The average molecular weight is 429 g/mol. The van der Waals surface area contributed by atoms with E-state index < -0.39 is 13.0 Å². The fraction of sp³-hybridized carbons (Fsp3) is 0.455. The standard InChI is InChI=1S/C22H27F4NO3/c1-27-18(14-23)13-20(28-2)15-29-21-9-4-3-7-17(21)11-10-16-6-5-8-19(12-16)30-22(24,25)26/h3-9,12,18,20,27H,10-11,13-15H2,1-2H3. The van der Waals surface area contributed by atoms with Gasteiger partial charge in [-0.25, -0.2) is 4.39 Å². The van der Waals surface area contributed by atoms with Gasteiger partial charge in [0.15, 0.2) is 0 Å². The average Bonchev–Trinajstić information content (AvgIpc) is 2.72. The predicted octanol–water partition coefficient (Wildman–Crippen LogP) is 4.71. The number of benzene rings is 2. The number of halogens is 4. The Balaban J connectivity index is 1.98. The third-order valence-electron chi connectivity index (χ3n) is 4.69. The molecule has 0 spiro atoms. The molecule has 0 amide bonds. The minimum atomic E-state index is -4.72. The Bertz CT molecular complexity index is 766. The largest absolute Gasteiger partial charge is 0.573 e. The molecule has 0 heterocycles. The monoisotopic (exact) mass is 429 g/mol. The molecule has 166 valence electrons. The van der Waals surface area contributed by atoms with Gasteiger partial charge in [0.05, 0.1) is 6.10 Å². The van der Waals surface area contributed by atoms with Crippen LogP contribution in [0.4, 0.5) is 17.6 Å². The van der Waals surface area contributed by atoms with Gasteiger partial charge in [-0.1, -0.05) is 30.3 Å². The minimum absolute atomic E-state index is 0.237. The number of alkyl halides is 4. The maximum absolute atomic E-state index is 12.9. The van der Waals surface area contributed by atoms with Gasteiger partial charge < -0.3 is 19.5 Å². The van der Waals surface area contributed by atoms with Gasteiger partial charge in [-0.2, -0.15) is 0 Å². The molecule has 2 aromatic rings. The van der Waals surface area contributed by atoms with Crippen LogP contribution in [0.3, 0.4) is 0 Å². The quantitative estimate of drug-likeness (QED) is 0.496. The lowest BCUT2D eigenvalue weighted by Gasteiger charge is -2.21. The van der Waals surface area contributed by atoms with Crippen LogP contribution < -0.4 is 14.8 Å². The smallest absolute Gasteiger partial charge is 0.491 e. The van der Waals surface area contributed by atoms with Gasteiger partial charge >= 0.3 is 6.36 Å². The fourth-order valence-corrected chi connectivity index (χ4v) is 3.02. The maximum atomic E-state index is 12.9. The zero-order chi connectivity index (χ0) is 22.0. The summed E-state index contributed by atoms with van der Waals surface area (Å²) in [6.07, 6.45) is -3.43. The van der Waals surface area contributed by atoms with E-state index in [1.165, 1.54) is 18.2 Å². The summed E-state index contributed by atoms with van der Waals surface area (Å²) in [6.45, 7) is -0.231. The van der Waals surface area contributed by atoms with Crippen molar-refractivity contribution in [2.24, 2.45) is 0 Å². The van der Waals surface area contributed by atoms with Crippen LogP contribution >= 0.6 is 0 Å². The fourth-order valence-electron chi connectivity index (χ4n) is 3.02. The van der Waals surface area contributed by atoms with E-state index in [2.05, 4.69) is 10.1 Å².